The van der Waals surface area contributed by atoms with E-state index in [0.29, 0.717) is 5.92 Å². The van der Waals surface area contributed by atoms with Gasteiger partial charge in [-0.05, 0) is 30.4 Å². The van der Waals surface area contributed by atoms with Crippen LogP contribution in [0.3, 0.4) is 0 Å². The smallest absolute Gasteiger partial charge is 0.0664 e. The predicted octanol–water partition coefficient (Wildman–Crippen LogP) is 2.48. The predicted molar refractivity (Wildman–Crippen MR) is 48.1 cm³/mol. The quantitative estimate of drug-likeness (QED) is 0.667. The summed E-state index contributed by atoms with van der Waals surface area (Å²) in [5.41, 5.74) is 2.51. The lowest BCUT2D eigenvalue weighted by atomic mass is 10.0. The summed E-state index contributed by atoms with van der Waals surface area (Å²) in [6.45, 7) is 4.38. The van der Waals surface area contributed by atoms with Gasteiger partial charge in [-0.1, -0.05) is 13.8 Å². The van der Waals surface area contributed by atoms with Gasteiger partial charge in [-0.2, -0.15) is 10.2 Å². The molecule has 2 heteroatoms. The Balaban J connectivity index is 2.26. The Bertz CT molecular complexity index is 260. The minimum absolute atomic E-state index is 0.568. The molecule has 1 aromatic rings. The van der Waals surface area contributed by atoms with Crippen molar-refractivity contribution in [2.75, 3.05) is 0 Å². The Hall–Kier alpha value is -0.920. The maximum atomic E-state index is 4.13. The highest BCUT2D eigenvalue weighted by atomic mass is 15.1. The lowest BCUT2D eigenvalue weighted by Gasteiger charge is -2.04. The Morgan fingerprint density at radius 2 is 2.17 bits per heavy atom. The van der Waals surface area contributed by atoms with Gasteiger partial charge in [-0.25, -0.2) is 0 Å². The Morgan fingerprint density at radius 3 is 2.75 bits per heavy atom. The summed E-state index contributed by atoms with van der Waals surface area (Å²) in [6.07, 6.45) is 4.48. The Morgan fingerprint density at radius 1 is 1.42 bits per heavy atom. The van der Waals surface area contributed by atoms with Crippen LogP contribution in [0, 0.1) is 0 Å². The Kier molecular flexibility index (Phi) is 1.83. The van der Waals surface area contributed by atoms with Gasteiger partial charge in [-0.3, -0.25) is 0 Å². The van der Waals surface area contributed by atoms with Crippen LogP contribution in [-0.2, 0) is 0 Å². The van der Waals surface area contributed by atoms with Crippen LogP contribution >= 0.6 is 0 Å². The van der Waals surface area contributed by atoms with Crippen molar-refractivity contribution in [3.05, 3.63) is 23.5 Å². The maximum Gasteiger partial charge on any atom is 0.0664 e. The molecule has 64 valence electrons. The summed E-state index contributed by atoms with van der Waals surface area (Å²) in [5, 5.41) is 8.15. The van der Waals surface area contributed by atoms with Gasteiger partial charge in [-0.15, -0.1) is 0 Å². The molecule has 2 rings (SSSR count). The van der Waals surface area contributed by atoms with Gasteiger partial charge in [0.2, 0.25) is 0 Å². The average molecular weight is 162 g/mol. The summed E-state index contributed by atoms with van der Waals surface area (Å²) in [5.74, 6) is 1.29. The lowest BCUT2D eigenvalue weighted by Crippen LogP contribution is -1.95. The summed E-state index contributed by atoms with van der Waals surface area (Å²) in [4.78, 5) is 0. The molecule has 0 radical (unpaired) electrons. The fraction of sp³-hybridized carbons (Fsp3) is 0.600. The standard InChI is InChI=1S/C10H14N2/c1-7(2)9-5-10(8-3-4-8)12-11-6-9/h5-8H,3-4H2,1-2H3. The molecule has 0 amide bonds. The molecule has 1 saturated carbocycles. The van der Waals surface area contributed by atoms with Gasteiger partial charge in [0, 0.05) is 5.92 Å². The van der Waals surface area contributed by atoms with Gasteiger partial charge in [0.1, 0.15) is 0 Å². The maximum absolute atomic E-state index is 4.13. The summed E-state index contributed by atoms with van der Waals surface area (Å²) in [7, 11) is 0. The van der Waals surface area contributed by atoms with E-state index in [4.69, 9.17) is 0 Å². The fourth-order valence-electron chi connectivity index (χ4n) is 1.29. The van der Waals surface area contributed by atoms with Crippen molar-refractivity contribution < 1.29 is 0 Å². The van der Waals surface area contributed by atoms with Crippen LogP contribution in [-0.4, -0.2) is 10.2 Å². The normalized spacial score (nSPS) is 16.9. The van der Waals surface area contributed by atoms with Crippen molar-refractivity contribution in [1.29, 1.82) is 0 Å². The average Bonchev–Trinajstić information content (AvgIpc) is 2.87. The summed E-state index contributed by atoms with van der Waals surface area (Å²) in [6, 6.07) is 2.20. The monoisotopic (exact) mass is 162 g/mol. The van der Waals surface area contributed by atoms with Crippen LogP contribution in [0.2, 0.25) is 0 Å². The summed E-state index contributed by atoms with van der Waals surface area (Å²) >= 11 is 0. The molecule has 0 aromatic carbocycles. The topological polar surface area (TPSA) is 25.8 Å². The Labute approximate surface area is 73.0 Å². The first-order chi connectivity index (χ1) is 5.77. The minimum Gasteiger partial charge on any atom is -0.159 e. The molecule has 0 saturated heterocycles. The van der Waals surface area contributed by atoms with Crippen molar-refractivity contribution in [3.63, 3.8) is 0 Å². The van der Waals surface area contributed by atoms with Crippen LogP contribution in [0.4, 0.5) is 0 Å². The molecule has 1 aliphatic rings. The van der Waals surface area contributed by atoms with Crippen molar-refractivity contribution in [2.24, 2.45) is 0 Å². The molecular formula is C10H14N2. The van der Waals surface area contributed by atoms with E-state index >= 15 is 0 Å². The molecule has 0 N–H and O–H groups in total. The lowest BCUT2D eigenvalue weighted by molar-refractivity contribution is 0.816. The zero-order valence-corrected chi connectivity index (χ0v) is 7.62. The molecule has 1 aromatic heterocycles. The van der Waals surface area contributed by atoms with Crippen molar-refractivity contribution in [3.8, 4) is 0 Å². The molecule has 12 heavy (non-hydrogen) atoms. The van der Waals surface area contributed by atoms with Crippen LogP contribution in [0.5, 0.6) is 0 Å². The van der Waals surface area contributed by atoms with Crippen LogP contribution in [0.25, 0.3) is 0 Å². The molecule has 0 unspecified atom stereocenters. The molecule has 1 heterocycles. The second kappa shape index (κ2) is 2.85. The van der Waals surface area contributed by atoms with E-state index in [1.807, 2.05) is 6.20 Å². The van der Waals surface area contributed by atoms with Gasteiger partial charge in [0.15, 0.2) is 0 Å². The minimum atomic E-state index is 0.568. The van der Waals surface area contributed by atoms with E-state index in [9.17, 15) is 0 Å². The molecule has 0 spiro atoms. The van der Waals surface area contributed by atoms with Crippen molar-refractivity contribution in [2.45, 2.75) is 38.5 Å². The SMILES string of the molecule is CC(C)c1cnnc(C2CC2)c1. The van der Waals surface area contributed by atoms with E-state index in [-0.39, 0.29) is 0 Å². The fourth-order valence-corrected chi connectivity index (χ4v) is 1.29. The first kappa shape index (κ1) is 7.71. The third-order valence-electron chi connectivity index (χ3n) is 2.36. The largest absolute Gasteiger partial charge is 0.159 e. The van der Waals surface area contributed by atoms with Gasteiger partial charge in [0.05, 0.1) is 11.9 Å². The molecular weight excluding hydrogens is 148 g/mol. The number of hydrogen-bond donors (Lipinski definition) is 0. The molecule has 1 fully saturated rings. The highest BCUT2D eigenvalue weighted by Gasteiger charge is 2.25. The second-order valence-corrected chi connectivity index (χ2v) is 3.84. The first-order valence-electron chi connectivity index (χ1n) is 4.60. The first-order valence-corrected chi connectivity index (χ1v) is 4.60. The molecule has 1 aliphatic carbocycles. The number of hydrogen-bond acceptors (Lipinski definition) is 2. The molecule has 0 atom stereocenters. The van der Waals surface area contributed by atoms with Gasteiger partial charge < -0.3 is 0 Å². The van der Waals surface area contributed by atoms with Crippen LogP contribution in [0.1, 0.15) is 49.8 Å². The number of nitrogens with zero attached hydrogens (tertiary/aromatic N) is 2. The zero-order valence-electron chi connectivity index (χ0n) is 7.62. The van der Waals surface area contributed by atoms with Gasteiger partial charge >= 0.3 is 0 Å². The highest BCUT2D eigenvalue weighted by molar-refractivity contribution is 5.21. The molecule has 2 nitrogen and oxygen atoms in total. The van der Waals surface area contributed by atoms with E-state index in [2.05, 4.69) is 30.1 Å². The van der Waals surface area contributed by atoms with E-state index in [1.165, 1.54) is 24.1 Å². The highest BCUT2D eigenvalue weighted by Crippen LogP contribution is 2.39. The molecule has 0 aliphatic heterocycles. The number of rotatable bonds is 2. The molecule has 0 bridgehead atoms. The number of aromatic nitrogens is 2. The van der Waals surface area contributed by atoms with E-state index < -0.39 is 0 Å². The zero-order chi connectivity index (χ0) is 8.55. The third kappa shape index (κ3) is 1.47. The van der Waals surface area contributed by atoms with Crippen LogP contribution in [0.15, 0.2) is 12.3 Å². The summed E-state index contributed by atoms with van der Waals surface area (Å²) < 4.78 is 0. The van der Waals surface area contributed by atoms with E-state index in [0.717, 1.165) is 5.92 Å². The van der Waals surface area contributed by atoms with Crippen molar-refractivity contribution >= 4 is 0 Å². The van der Waals surface area contributed by atoms with Crippen LogP contribution < -0.4 is 0 Å². The third-order valence-corrected chi connectivity index (χ3v) is 2.36. The second-order valence-electron chi connectivity index (χ2n) is 3.84. The van der Waals surface area contributed by atoms with Gasteiger partial charge in [0.25, 0.3) is 0 Å². The van der Waals surface area contributed by atoms with Crippen molar-refractivity contribution in [1.82, 2.24) is 10.2 Å². The van der Waals surface area contributed by atoms with E-state index in [1.54, 1.807) is 0 Å².